The van der Waals surface area contributed by atoms with Crippen LogP contribution in [0.25, 0.3) is 11.5 Å². The molecule has 2 aromatic carbocycles. The standard InChI is InChI=1S/C20H22N4O/c1-16-7-5-6-10-18(16)20-22-21-19(25-20)15-23-11-13-24(14-12-23)17-8-3-2-4-9-17/h2-10H,11-15H2,1H3. The van der Waals surface area contributed by atoms with Gasteiger partial charge in [-0.05, 0) is 30.7 Å². The van der Waals surface area contributed by atoms with Crippen LogP contribution in [0, 0.1) is 6.92 Å². The molecular formula is C20H22N4O. The van der Waals surface area contributed by atoms with Gasteiger partial charge >= 0.3 is 0 Å². The molecule has 1 aliphatic rings. The van der Waals surface area contributed by atoms with E-state index in [9.17, 15) is 0 Å². The molecule has 5 heteroatoms. The first-order valence-corrected chi connectivity index (χ1v) is 8.70. The molecule has 2 heterocycles. The van der Waals surface area contributed by atoms with Gasteiger partial charge in [-0.2, -0.15) is 0 Å². The number of piperazine rings is 1. The monoisotopic (exact) mass is 334 g/mol. The quantitative estimate of drug-likeness (QED) is 0.732. The Balaban J connectivity index is 1.37. The summed E-state index contributed by atoms with van der Waals surface area (Å²) in [5.74, 6) is 1.29. The Kier molecular flexibility index (Phi) is 4.48. The van der Waals surface area contributed by atoms with Gasteiger partial charge in [0.05, 0.1) is 6.54 Å². The van der Waals surface area contributed by atoms with Crippen LogP contribution in [-0.4, -0.2) is 41.3 Å². The molecule has 0 amide bonds. The molecule has 0 aliphatic carbocycles. The van der Waals surface area contributed by atoms with Crippen molar-refractivity contribution in [1.29, 1.82) is 0 Å². The van der Waals surface area contributed by atoms with Crippen LogP contribution in [0.3, 0.4) is 0 Å². The van der Waals surface area contributed by atoms with Crippen LogP contribution in [0.4, 0.5) is 5.69 Å². The van der Waals surface area contributed by atoms with Crippen LogP contribution < -0.4 is 4.90 Å². The van der Waals surface area contributed by atoms with Crippen LogP contribution >= 0.6 is 0 Å². The van der Waals surface area contributed by atoms with Crippen molar-refractivity contribution in [1.82, 2.24) is 15.1 Å². The Bertz CT molecular complexity index is 822. The Hall–Kier alpha value is -2.66. The zero-order valence-corrected chi connectivity index (χ0v) is 14.4. The lowest BCUT2D eigenvalue weighted by atomic mass is 10.1. The van der Waals surface area contributed by atoms with Gasteiger partial charge in [0.2, 0.25) is 11.8 Å². The molecule has 0 spiro atoms. The highest BCUT2D eigenvalue weighted by Gasteiger charge is 2.19. The van der Waals surface area contributed by atoms with Gasteiger partial charge in [-0.3, -0.25) is 4.90 Å². The molecule has 5 nitrogen and oxygen atoms in total. The van der Waals surface area contributed by atoms with Gasteiger partial charge in [0.1, 0.15) is 0 Å². The largest absolute Gasteiger partial charge is 0.419 e. The van der Waals surface area contributed by atoms with Crippen molar-refractivity contribution >= 4 is 5.69 Å². The number of hydrogen-bond acceptors (Lipinski definition) is 5. The maximum atomic E-state index is 5.89. The lowest BCUT2D eigenvalue weighted by molar-refractivity contribution is 0.227. The summed E-state index contributed by atoms with van der Waals surface area (Å²) in [6, 6.07) is 18.7. The van der Waals surface area contributed by atoms with Crippen LogP contribution in [0.5, 0.6) is 0 Å². The number of aryl methyl sites for hydroxylation is 1. The fraction of sp³-hybridized carbons (Fsp3) is 0.300. The first-order chi connectivity index (χ1) is 12.3. The van der Waals surface area contributed by atoms with E-state index in [1.54, 1.807) is 0 Å². The molecule has 1 aliphatic heterocycles. The molecule has 1 fully saturated rings. The summed E-state index contributed by atoms with van der Waals surface area (Å²) in [5.41, 5.74) is 3.45. The highest BCUT2D eigenvalue weighted by molar-refractivity contribution is 5.57. The van der Waals surface area contributed by atoms with Crippen LogP contribution in [0.1, 0.15) is 11.5 Å². The van der Waals surface area contributed by atoms with E-state index in [4.69, 9.17) is 4.42 Å². The number of nitrogens with zero attached hydrogens (tertiary/aromatic N) is 4. The number of rotatable bonds is 4. The van der Waals surface area contributed by atoms with E-state index in [2.05, 4.69) is 63.3 Å². The van der Waals surface area contributed by atoms with Crippen molar-refractivity contribution in [3.8, 4) is 11.5 Å². The van der Waals surface area contributed by atoms with E-state index in [-0.39, 0.29) is 0 Å². The van der Waals surface area contributed by atoms with Crippen LogP contribution in [0.15, 0.2) is 59.0 Å². The summed E-state index contributed by atoms with van der Waals surface area (Å²) in [4.78, 5) is 4.79. The number of hydrogen-bond donors (Lipinski definition) is 0. The van der Waals surface area contributed by atoms with Gasteiger partial charge in [0.15, 0.2) is 0 Å². The fourth-order valence-corrected chi connectivity index (χ4v) is 3.23. The van der Waals surface area contributed by atoms with Crippen molar-refractivity contribution < 1.29 is 4.42 Å². The smallest absolute Gasteiger partial charge is 0.248 e. The molecule has 1 aromatic heterocycles. The van der Waals surface area contributed by atoms with E-state index < -0.39 is 0 Å². The average molecular weight is 334 g/mol. The van der Waals surface area contributed by atoms with Crippen molar-refractivity contribution in [2.24, 2.45) is 0 Å². The average Bonchev–Trinajstić information content (AvgIpc) is 3.12. The zero-order valence-electron chi connectivity index (χ0n) is 14.4. The van der Waals surface area contributed by atoms with Crippen molar-refractivity contribution in [2.45, 2.75) is 13.5 Å². The minimum absolute atomic E-state index is 0.607. The molecule has 128 valence electrons. The molecular weight excluding hydrogens is 312 g/mol. The minimum Gasteiger partial charge on any atom is -0.419 e. The van der Waals surface area contributed by atoms with E-state index in [1.165, 1.54) is 5.69 Å². The summed E-state index contributed by atoms with van der Waals surface area (Å²) in [6.07, 6.45) is 0. The summed E-state index contributed by atoms with van der Waals surface area (Å²) >= 11 is 0. The number of anilines is 1. The van der Waals surface area contributed by atoms with Gasteiger partial charge in [0, 0.05) is 37.4 Å². The normalized spacial score (nSPS) is 15.5. The van der Waals surface area contributed by atoms with Gasteiger partial charge in [0.25, 0.3) is 0 Å². The SMILES string of the molecule is Cc1ccccc1-c1nnc(CN2CCN(c3ccccc3)CC2)o1. The van der Waals surface area contributed by atoms with E-state index in [0.29, 0.717) is 18.3 Å². The van der Waals surface area contributed by atoms with Crippen molar-refractivity contribution in [3.05, 3.63) is 66.1 Å². The highest BCUT2D eigenvalue weighted by atomic mass is 16.4. The summed E-state index contributed by atoms with van der Waals surface area (Å²) < 4.78 is 5.89. The lowest BCUT2D eigenvalue weighted by Gasteiger charge is -2.35. The first-order valence-electron chi connectivity index (χ1n) is 8.70. The maximum Gasteiger partial charge on any atom is 0.248 e. The zero-order chi connectivity index (χ0) is 17.1. The fourth-order valence-electron chi connectivity index (χ4n) is 3.23. The third kappa shape index (κ3) is 3.56. The second-order valence-corrected chi connectivity index (χ2v) is 6.41. The maximum absolute atomic E-state index is 5.89. The first kappa shape index (κ1) is 15.8. The predicted octanol–water partition coefficient (Wildman–Crippen LogP) is 3.37. The molecule has 0 bridgehead atoms. The van der Waals surface area contributed by atoms with Crippen LogP contribution in [0.2, 0.25) is 0 Å². The topological polar surface area (TPSA) is 45.4 Å². The molecule has 0 N–H and O–H groups in total. The third-order valence-electron chi connectivity index (χ3n) is 4.69. The van der Waals surface area contributed by atoms with E-state index in [0.717, 1.165) is 37.3 Å². The second-order valence-electron chi connectivity index (χ2n) is 6.41. The summed E-state index contributed by atoms with van der Waals surface area (Å²) in [5, 5.41) is 8.45. The highest BCUT2D eigenvalue weighted by Crippen LogP contribution is 2.22. The van der Waals surface area contributed by atoms with E-state index in [1.807, 2.05) is 18.2 Å². The Morgan fingerprint density at radius 3 is 2.36 bits per heavy atom. The van der Waals surface area contributed by atoms with Gasteiger partial charge in [-0.1, -0.05) is 36.4 Å². The Labute approximate surface area is 147 Å². The van der Waals surface area contributed by atoms with Crippen molar-refractivity contribution in [3.63, 3.8) is 0 Å². The molecule has 25 heavy (non-hydrogen) atoms. The molecule has 0 saturated carbocycles. The summed E-state index contributed by atoms with van der Waals surface area (Å²) in [7, 11) is 0. The lowest BCUT2D eigenvalue weighted by Crippen LogP contribution is -2.46. The predicted molar refractivity (Wildman–Crippen MR) is 98.4 cm³/mol. The van der Waals surface area contributed by atoms with E-state index >= 15 is 0 Å². The Morgan fingerprint density at radius 1 is 0.880 bits per heavy atom. The Morgan fingerprint density at radius 2 is 1.60 bits per heavy atom. The van der Waals surface area contributed by atoms with Gasteiger partial charge < -0.3 is 9.32 Å². The number of para-hydroxylation sites is 1. The van der Waals surface area contributed by atoms with Crippen molar-refractivity contribution in [2.75, 3.05) is 31.1 Å². The third-order valence-corrected chi connectivity index (χ3v) is 4.69. The molecule has 0 radical (unpaired) electrons. The molecule has 1 saturated heterocycles. The molecule has 3 aromatic rings. The van der Waals surface area contributed by atoms with Crippen LogP contribution in [-0.2, 0) is 6.54 Å². The molecule has 0 unspecified atom stereocenters. The number of benzene rings is 2. The molecule has 4 rings (SSSR count). The molecule has 0 atom stereocenters. The summed E-state index contributed by atoms with van der Waals surface area (Å²) in [6.45, 7) is 6.79. The minimum atomic E-state index is 0.607. The van der Waals surface area contributed by atoms with Gasteiger partial charge in [-0.15, -0.1) is 10.2 Å². The number of aromatic nitrogens is 2. The second kappa shape index (κ2) is 7.07. The van der Waals surface area contributed by atoms with Gasteiger partial charge in [-0.25, -0.2) is 0 Å².